The van der Waals surface area contributed by atoms with Gasteiger partial charge in [-0.3, -0.25) is 0 Å². The first-order chi connectivity index (χ1) is 7.43. The summed E-state index contributed by atoms with van der Waals surface area (Å²) in [5.41, 5.74) is 1.91. The van der Waals surface area contributed by atoms with E-state index in [1.807, 2.05) is 0 Å². The first-order valence-corrected chi connectivity index (χ1v) is 7.08. The highest BCUT2D eigenvalue weighted by atomic mass is 14.3. The fourth-order valence-corrected chi connectivity index (χ4v) is 2.97. The van der Waals surface area contributed by atoms with Crippen molar-refractivity contribution in [2.75, 3.05) is 0 Å². The molecule has 0 nitrogen and oxygen atoms in total. The molecule has 0 aromatic carbocycles. The molecule has 96 valence electrons. The van der Waals surface area contributed by atoms with E-state index in [0.29, 0.717) is 5.41 Å². The maximum Gasteiger partial charge on any atom is -0.0323 e. The largest absolute Gasteiger partial charge is 0.100 e. The summed E-state index contributed by atoms with van der Waals surface area (Å²) in [4.78, 5) is 0. The van der Waals surface area contributed by atoms with E-state index in [4.69, 9.17) is 0 Å². The molecule has 0 radical (unpaired) electrons. The molecule has 16 heavy (non-hydrogen) atoms. The van der Waals surface area contributed by atoms with Gasteiger partial charge in [0.25, 0.3) is 0 Å². The highest BCUT2D eigenvalue weighted by Crippen LogP contribution is 2.37. The smallest absolute Gasteiger partial charge is 0.0323 e. The van der Waals surface area contributed by atoms with Gasteiger partial charge in [0.15, 0.2) is 0 Å². The minimum absolute atomic E-state index is 0.581. The molecule has 0 aromatic heterocycles. The SMILES string of the molecule is C=C(C)CCC(C)CC(C)(CCC)CCC. The molecule has 0 bridgehead atoms. The van der Waals surface area contributed by atoms with Crippen molar-refractivity contribution in [2.24, 2.45) is 11.3 Å². The van der Waals surface area contributed by atoms with Gasteiger partial charge in [-0.15, -0.1) is 6.58 Å². The van der Waals surface area contributed by atoms with Crippen molar-refractivity contribution in [3.8, 4) is 0 Å². The van der Waals surface area contributed by atoms with Crippen molar-refractivity contribution in [1.82, 2.24) is 0 Å². The second kappa shape index (κ2) is 7.92. The van der Waals surface area contributed by atoms with Gasteiger partial charge in [-0.2, -0.15) is 0 Å². The van der Waals surface area contributed by atoms with Gasteiger partial charge in [0.1, 0.15) is 0 Å². The summed E-state index contributed by atoms with van der Waals surface area (Å²) in [5, 5.41) is 0. The van der Waals surface area contributed by atoms with Crippen LogP contribution in [0.4, 0.5) is 0 Å². The summed E-state index contributed by atoms with van der Waals surface area (Å²) >= 11 is 0. The molecule has 0 amide bonds. The first kappa shape index (κ1) is 15.7. The Hall–Kier alpha value is -0.260. The van der Waals surface area contributed by atoms with Crippen molar-refractivity contribution >= 4 is 0 Å². The molecular formula is C16H32. The molecule has 0 fully saturated rings. The third-order valence-corrected chi connectivity index (χ3v) is 3.61. The van der Waals surface area contributed by atoms with Crippen LogP contribution in [0.5, 0.6) is 0 Å². The van der Waals surface area contributed by atoms with Crippen LogP contribution in [-0.4, -0.2) is 0 Å². The second-order valence-corrected chi connectivity index (χ2v) is 6.12. The van der Waals surface area contributed by atoms with Crippen LogP contribution in [0.1, 0.15) is 79.6 Å². The zero-order valence-electron chi connectivity index (χ0n) is 12.2. The van der Waals surface area contributed by atoms with E-state index < -0.39 is 0 Å². The Morgan fingerprint density at radius 2 is 1.69 bits per heavy atom. The Morgan fingerprint density at radius 3 is 2.06 bits per heavy atom. The van der Waals surface area contributed by atoms with Crippen LogP contribution in [0.2, 0.25) is 0 Å². The van der Waals surface area contributed by atoms with Crippen molar-refractivity contribution in [1.29, 1.82) is 0 Å². The average Bonchev–Trinajstić information content (AvgIpc) is 2.15. The second-order valence-electron chi connectivity index (χ2n) is 6.12. The normalized spacial score (nSPS) is 13.8. The predicted octanol–water partition coefficient (Wildman–Crippen LogP) is 5.98. The van der Waals surface area contributed by atoms with Crippen molar-refractivity contribution in [2.45, 2.75) is 79.6 Å². The molecule has 0 rings (SSSR count). The van der Waals surface area contributed by atoms with E-state index in [-0.39, 0.29) is 0 Å². The zero-order chi connectivity index (χ0) is 12.6. The topological polar surface area (TPSA) is 0 Å². The van der Waals surface area contributed by atoms with Crippen LogP contribution < -0.4 is 0 Å². The minimum atomic E-state index is 0.581. The quantitative estimate of drug-likeness (QED) is 0.423. The summed E-state index contributed by atoms with van der Waals surface area (Å²) in [6.07, 6.45) is 9.33. The van der Waals surface area contributed by atoms with E-state index in [0.717, 1.165) is 5.92 Å². The van der Waals surface area contributed by atoms with Crippen LogP contribution in [0, 0.1) is 11.3 Å². The monoisotopic (exact) mass is 224 g/mol. The molecule has 1 atom stereocenters. The Morgan fingerprint density at radius 1 is 1.19 bits per heavy atom. The molecule has 0 saturated heterocycles. The summed E-state index contributed by atoms with van der Waals surface area (Å²) in [7, 11) is 0. The van der Waals surface area contributed by atoms with E-state index in [1.54, 1.807) is 0 Å². The maximum atomic E-state index is 4.00. The molecule has 0 spiro atoms. The molecule has 0 aliphatic heterocycles. The van der Waals surface area contributed by atoms with Crippen LogP contribution in [0.25, 0.3) is 0 Å². The molecule has 0 aliphatic carbocycles. The van der Waals surface area contributed by atoms with Crippen LogP contribution in [0.15, 0.2) is 12.2 Å². The maximum absolute atomic E-state index is 4.00. The number of allylic oxidation sites excluding steroid dienone is 1. The number of hydrogen-bond acceptors (Lipinski definition) is 0. The van der Waals surface area contributed by atoms with E-state index in [1.165, 1.54) is 50.5 Å². The van der Waals surface area contributed by atoms with Crippen molar-refractivity contribution in [3.63, 3.8) is 0 Å². The summed E-state index contributed by atoms with van der Waals surface area (Å²) < 4.78 is 0. The fraction of sp³-hybridized carbons (Fsp3) is 0.875. The van der Waals surface area contributed by atoms with Crippen LogP contribution in [-0.2, 0) is 0 Å². The molecule has 0 aromatic rings. The Balaban J connectivity index is 4.11. The molecular weight excluding hydrogens is 192 g/mol. The van der Waals surface area contributed by atoms with Crippen LogP contribution >= 0.6 is 0 Å². The van der Waals surface area contributed by atoms with Crippen molar-refractivity contribution < 1.29 is 0 Å². The molecule has 0 heterocycles. The number of hydrogen-bond donors (Lipinski definition) is 0. The first-order valence-electron chi connectivity index (χ1n) is 7.08. The Kier molecular flexibility index (Phi) is 7.80. The summed E-state index contributed by atoms with van der Waals surface area (Å²) in [6.45, 7) is 15.7. The van der Waals surface area contributed by atoms with Gasteiger partial charge in [-0.05, 0) is 50.4 Å². The highest BCUT2D eigenvalue weighted by molar-refractivity contribution is 4.88. The lowest BCUT2D eigenvalue weighted by Gasteiger charge is -2.32. The third-order valence-electron chi connectivity index (χ3n) is 3.61. The standard InChI is InChI=1S/C16H32/c1-7-11-16(6,12-8-2)13-15(5)10-9-14(3)4/h15H,3,7-13H2,1-2,4-6H3. The molecule has 0 saturated carbocycles. The molecule has 0 N–H and O–H groups in total. The summed E-state index contributed by atoms with van der Waals surface area (Å²) in [6, 6.07) is 0. The van der Waals surface area contributed by atoms with E-state index in [9.17, 15) is 0 Å². The van der Waals surface area contributed by atoms with Gasteiger partial charge in [0, 0.05) is 0 Å². The molecule has 0 heteroatoms. The van der Waals surface area contributed by atoms with Gasteiger partial charge < -0.3 is 0 Å². The van der Waals surface area contributed by atoms with E-state index >= 15 is 0 Å². The minimum Gasteiger partial charge on any atom is -0.100 e. The third kappa shape index (κ3) is 7.09. The summed E-state index contributed by atoms with van der Waals surface area (Å²) in [5.74, 6) is 0.847. The lowest BCUT2D eigenvalue weighted by molar-refractivity contribution is 0.201. The van der Waals surface area contributed by atoms with E-state index in [2.05, 4.69) is 41.2 Å². The lowest BCUT2D eigenvalue weighted by atomic mass is 9.74. The lowest BCUT2D eigenvalue weighted by Crippen LogP contribution is -2.19. The van der Waals surface area contributed by atoms with Crippen molar-refractivity contribution in [3.05, 3.63) is 12.2 Å². The van der Waals surface area contributed by atoms with Gasteiger partial charge in [-0.25, -0.2) is 0 Å². The predicted molar refractivity (Wildman–Crippen MR) is 75.8 cm³/mol. The number of rotatable bonds is 9. The van der Waals surface area contributed by atoms with Gasteiger partial charge in [0.05, 0.1) is 0 Å². The van der Waals surface area contributed by atoms with Gasteiger partial charge in [-0.1, -0.05) is 46.1 Å². The molecule has 0 aliphatic rings. The molecule has 1 unspecified atom stereocenters. The van der Waals surface area contributed by atoms with Gasteiger partial charge in [0.2, 0.25) is 0 Å². The Labute approximate surface area is 104 Å². The van der Waals surface area contributed by atoms with Crippen LogP contribution in [0.3, 0.4) is 0 Å². The Bertz CT molecular complexity index is 184. The highest BCUT2D eigenvalue weighted by Gasteiger charge is 2.24. The zero-order valence-corrected chi connectivity index (χ0v) is 12.2. The average molecular weight is 224 g/mol. The van der Waals surface area contributed by atoms with Gasteiger partial charge >= 0.3 is 0 Å². The fourth-order valence-electron chi connectivity index (χ4n) is 2.97.